The molecule has 2 aromatic rings. The second-order valence-corrected chi connectivity index (χ2v) is 11.6. The number of rotatable bonds is 7. The van der Waals surface area contributed by atoms with Crippen LogP contribution in [0.15, 0.2) is 53.1 Å². The van der Waals surface area contributed by atoms with Gasteiger partial charge in [-0.05, 0) is 89.8 Å². The van der Waals surface area contributed by atoms with Crippen LogP contribution in [0.2, 0.25) is 0 Å². The Hall–Kier alpha value is -3.79. The third kappa shape index (κ3) is 6.01. The van der Waals surface area contributed by atoms with Crippen molar-refractivity contribution in [3.63, 3.8) is 0 Å². The van der Waals surface area contributed by atoms with Crippen molar-refractivity contribution in [3.8, 4) is 11.5 Å². The highest BCUT2D eigenvalue weighted by molar-refractivity contribution is 5.98. The van der Waals surface area contributed by atoms with Crippen LogP contribution in [0.5, 0.6) is 11.5 Å². The van der Waals surface area contributed by atoms with Crippen LogP contribution in [0.1, 0.15) is 68.6 Å². The lowest BCUT2D eigenvalue weighted by Gasteiger charge is -2.44. The van der Waals surface area contributed by atoms with Crippen LogP contribution < -0.4 is 15.6 Å². The first-order valence-electron chi connectivity index (χ1n) is 13.4. The molecule has 0 saturated carbocycles. The molecule has 2 aliphatic rings. The van der Waals surface area contributed by atoms with Crippen LogP contribution in [0, 0.1) is 19.3 Å². The maximum Gasteiger partial charge on any atom is 0.307 e. The van der Waals surface area contributed by atoms with Gasteiger partial charge in [-0.1, -0.05) is 13.0 Å². The summed E-state index contributed by atoms with van der Waals surface area (Å²) in [6, 6.07) is 4.55. The van der Waals surface area contributed by atoms with Gasteiger partial charge < -0.3 is 20.1 Å². The number of amides is 2. The molecule has 1 aliphatic heterocycles. The number of H-pyrrole nitrogens is 1. The summed E-state index contributed by atoms with van der Waals surface area (Å²) in [5.41, 5.74) is -0.770. The Balaban J connectivity index is 1.52. The number of aromatic amines is 1. The highest BCUT2D eigenvalue weighted by Gasteiger charge is 2.51. The summed E-state index contributed by atoms with van der Waals surface area (Å²) in [7, 11) is 0. The molecule has 1 aliphatic carbocycles. The van der Waals surface area contributed by atoms with E-state index in [1.807, 2.05) is 6.92 Å². The number of allylic oxidation sites excluding steroid dienone is 3. The Morgan fingerprint density at radius 3 is 2.62 bits per heavy atom. The van der Waals surface area contributed by atoms with Gasteiger partial charge in [0.05, 0.1) is 17.3 Å². The molecule has 3 N–H and O–H groups in total. The van der Waals surface area contributed by atoms with Crippen molar-refractivity contribution in [1.29, 1.82) is 0 Å². The van der Waals surface area contributed by atoms with E-state index in [0.29, 0.717) is 41.8 Å². The highest BCUT2D eigenvalue weighted by atomic mass is 19.1. The Labute approximate surface area is 233 Å². The lowest BCUT2D eigenvalue weighted by atomic mass is 9.75. The maximum atomic E-state index is 14.3. The van der Waals surface area contributed by atoms with Crippen LogP contribution in [0.25, 0.3) is 0 Å². The number of aromatic nitrogens is 2. The van der Waals surface area contributed by atoms with Gasteiger partial charge >= 0.3 is 5.56 Å². The average molecular weight is 553 g/mol. The molecule has 1 saturated heterocycles. The zero-order chi connectivity index (χ0) is 29.4. The van der Waals surface area contributed by atoms with Crippen LogP contribution >= 0.6 is 0 Å². The number of halogens is 1. The molecule has 10 heteroatoms. The van der Waals surface area contributed by atoms with Gasteiger partial charge in [-0.25, -0.2) is 9.49 Å². The molecule has 4 atom stereocenters. The number of carbonyl (C=O) groups excluding carboxylic acids is 2. The van der Waals surface area contributed by atoms with Gasteiger partial charge in [0.15, 0.2) is 5.75 Å². The molecule has 40 heavy (non-hydrogen) atoms. The molecule has 4 rings (SSSR count). The van der Waals surface area contributed by atoms with Crippen molar-refractivity contribution in [2.75, 3.05) is 0 Å². The van der Waals surface area contributed by atoms with E-state index in [-0.39, 0.29) is 23.5 Å². The van der Waals surface area contributed by atoms with E-state index in [1.165, 1.54) is 12.1 Å². The summed E-state index contributed by atoms with van der Waals surface area (Å²) in [5, 5.41) is 19.9. The fraction of sp³-hybridized carbons (Fsp3) is 0.467. The number of nitrogens with one attached hydrogen (secondary N) is 2. The quantitative estimate of drug-likeness (QED) is 0.472. The lowest BCUT2D eigenvalue weighted by molar-refractivity contribution is -0.143. The number of aryl methyl sites for hydroxylation is 2. The van der Waals surface area contributed by atoms with Gasteiger partial charge in [0.1, 0.15) is 17.6 Å². The zero-order valence-corrected chi connectivity index (χ0v) is 23.7. The topological polar surface area (TPSA) is 125 Å². The molecule has 1 fully saturated rings. The number of hydrogen-bond donors (Lipinski definition) is 3. The second kappa shape index (κ2) is 11.0. The summed E-state index contributed by atoms with van der Waals surface area (Å²) >= 11 is 0. The van der Waals surface area contributed by atoms with Crippen LogP contribution in [0.3, 0.4) is 0 Å². The fourth-order valence-corrected chi connectivity index (χ4v) is 5.69. The van der Waals surface area contributed by atoms with Crippen LogP contribution in [0.4, 0.5) is 4.39 Å². The van der Waals surface area contributed by atoms with Crippen molar-refractivity contribution < 1.29 is 23.8 Å². The largest absolute Gasteiger partial charge is 0.451 e. The first kappa shape index (κ1) is 29.2. The molecular formula is C30H37FN4O5. The number of likely N-dealkylation sites (tertiary alicyclic amines) is 1. The summed E-state index contributed by atoms with van der Waals surface area (Å²) in [6.07, 6.45) is 6.48. The Kier molecular flexibility index (Phi) is 8.03. The molecule has 0 radical (unpaired) electrons. The van der Waals surface area contributed by atoms with E-state index in [2.05, 4.69) is 15.5 Å². The third-order valence-corrected chi connectivity index (χ3v) is 7.79. The first-order valence-corrected chi connectivity index (χ1v) is 13.4. The van der Waals surface area contributed by atoms with E-state index in [1.54, 1.807) is 69.9 Å². The number of nitrogens with zero attached hydrogens (tertiary/aromatic N) is 2. The van der Waals surface area contributed by atoms with Crippen molar-refractivity contribution in [2.24, 2.45) is 5.41 Å². The van der Waals surface area contributed by atoms with Crippen LogP contribution in [-0.4, -0.2) is 55.7 Å². The molecule has 0 bridgehead atoms. The number of ether oxygens (including phenoxy) is 1. The van der Waals surface area contributed by atoms with E-state index < -0.39 is 34.6 Å². The van der Waals surface area contributed by atoms with Gasteiger partial charge in [-0.15, -0.1) is 0 Å². The van der Waals surface area contributed by atoms with Crippen molar-refractivity contribution in [3.05, 3.63) is 75.5 Å². The zero-order valence-electron chi connectivity index (χ0n) is 23.7. The smallest absolute Gasteiger partial charge is 0.307 e. The van der Waals surface area contributed by atoms with Gasteiger partial charge in [-0.2, -0.15) is 5.10 Å². The molecule has 1 unspecified atom stereocenters. The Morgan fingerprint density at radius 2 is 1.98 bits per heavy atom. The van der Waals surface area contributed by atoms with Crippen molar-refractivity contribution in [2.45, 2.75) is 84.5 Å². The second-order valence-electron chi connectivity index (χ2n) is 11.6. The maximum absolute atomic E-state index is 14.3. The SMILES string of the molecule is Cc1cc(Oc2ccc(C(=O)N[C@H](C)C(=O)N3[C@H](C4(C)C=C(F)C=CC4)CC[C@@H]3C(C)(C)O)cc2C)c(=O)[nH]n1. The minimum Gasteiger partial charge on any atom is -0.451 e. The lowest BCUT2D eigenvalue weighted by Crippen LogP contribution is -2.59. The predicted octanol–water partition coefficient (Wildman–Crippen LogP) is 4.25. The Morgan fingerprint density at radius 1 is 1.25 bits per heavy atom. The van der Waals surface area contributed by atoms with Crippen molar-refractivity contribution in [1.82, 2.24) is 20.4 Å². The van der Waals surface area contributed by atoms with E-state index in [4.69, 9.17) is 4.74 Å². The summed E-state index contributed by atoms with van der Waals surface area (Å²) in [5.74, 6) is -0.649. The van der Waals surface area contributed by atoms with Crippen molar-refractivity contribution >= 4 is 11.8 Å². The van der Waals surface area contributed by atoms with E-state index >= 15 is 0 Å². The monoisotopic (exact) mass is 552 g/mol. The summed E-state index contributed by atoms with van der Waals surface area (Å²) in [4.78, 5) is 40.7. The third-order valence-electron chi connectivity index (χ3n) is 7.79. The minimum atomic E-state index is -1.18. The summed E-state index contributed by atoms with van der Waals surface area (Å²) < 4.78 is 20.0. The molecule has 2 heterocycles. The molecular weight excluding hydrogens is 515 g/mol. The number of benzene rings is 1. The molecule has 214 valence electrons. The summed E-state index contributed by atoms with van der Waals surface area (Å²) in [6.45, 7) is 10.3. The average Bonchev–Trinajstić information content (AvgIpc) is 3.34. The van der Waals surface area contributed by atoms with Gasteiger partial charge in [0, 0.05) is 23.1 Å². The normalized spacial score (nSPS) is 23.5. The molecule has 1 aromatic heterocycles. The molecule has 0 spiro atoms. The fourth-order valence-electron chi connectivity index (χ4n) is 5.69. The molecule has 2 amide bonds. The minimum absolute atomic E-state index is 0.0884. The predicted molar refractivity (Wildman–Crippen MR) is 149 cm³/mol. The number of carbonyl (C=O) groups is 2. The van der Waals surface area contributed by atoms with E-state index in [0.717, 1.165) is 0 Å². The Bertz CT molecular complexity index is 1430. The van der Waals surface area contributed by atoms with Gasteiger partial charge in [0.25, 0.3) is 5.91 Å². The van der Waals surface area contributed by atoms with Crippen LogP contribution in [-0.2, 0) is 4.79 Å². The standard InChI is InChI=1S/C30H37FN4O5/c1-17-14-20(9-10-22(17)40-23-15-18(2)33-34-27(23)37)26(36)32-19(3)28(38)35-24(29(4,5)39)11-12-25(35)30(6)13-7-8-21(31)16-30/h7-10,14-16,19,24-25,39H,11-13H2,1-6H3,(H,32,36)(H,34,37)/t19-,24-,25+,30?/m1/s1. The highest BCUT2D eigenvalue weighted by Crippen LogP contribution is 2.45. The van der Waals surface area contributed by atoms with Gasteiger partial charge in [-0.3, -0.25) is 14.4 Å². The molecule has 9 nitrogen and oxygen atoms in total. The molecule has 1 aromatic carbocycles. The first-order chi connectivity index (χ1) is 18.7. The van der Waals surface area contributed by atoms with E-state index in [9.17, 15) is 23.9 Å². The number of hydrogen-bond acceptors (Lipinski definition) is 6. The van der Waals surface area contributed by atoms with Gasteiger partial charge in [0.2, 0.25) is 5.91 Å². The number of aliphatic hydroxyl groups is 1.